The van der Waals surface area contributed by atoms with Crippen molar-refractivity contribution in [2.24, 2.45) is 4.99 Å². The van der Waals surface area contributed by atoms with Crippen LogP contribution in [0.25, 0.3) is 0 Å². The summed E-state index contributed by atoms with van der Waals surface area (Å²) in [5, 5.41) is 11.8. The van der Waals surface area contributed by atoms with E-state index in [2.05, 4.69) is 26.3 Å². The fourth-order valence-electron chi connectivity index (χ4n) is 2.32. The quantitative estimate of drug-likeness (QED) is 0.262. The zero-order valence-electron chi connectivity index (χ0n) is 18.6. The number of hydrogen-bond acceptors (Lipinski definition) is 5. The summed E-state index contributed by atoms with van der Waals surface area (Å²) < 4.78 is 10.9. The van der Waals surface area contributed by atoms with Gasteiger partial charge in [-0.1, -0.05) is 6.07 Å². The number of nitrogens with one attached hydrogen (secondary N) is 4. The zero-order valence-corrected chi connectivity index (χ0v) is 18.6. The molecule has 0 spiro atoms. The highest BCUT2D eigenvalue weighted by Gasteiger charge is 2.15. The van der Waals surface area contributed by atoms with Crippen molar-refractivity contribution in [3.05, 3.63) is 24.3 Å². The summed E-state index contributed by atoms with van der Waals surface area (Å²) in [5.74, 6) is 1.24. The molecular weight excluding hydrogens is 386 g/mol. The van der Waals surface area contributed by atoms with Crippen LogP contribution in [0.15, 0.2) is 29.3 Å². The number of carbonyl (C=O) groups is 2. The number of carbonyl (C=O) groups excluding carboxylic acids is 2. The summed E-state index contributed by atoms with van der Waals surface area (Å²) >= 11 is 0. The van der Waals surface area contributed by atoms with E-state index in [9.17, 15) is 9.59 Å². The molecule has 0 aliphatic rings. The molecule has 0 heterocycles. The van der Waals surface area contributed by atoms with E-state index >= 15 is 0 Å². The van der Waals surface area contributed by atoms with Gasteiger partial charge in [0.25, 0.3) is 0 Å². The van der Waals surface area contributed by atoms with Crippen LogP contribution in [-0.4, -0.2) is 56.3 Å². The molecule has 4 N–H and O–H groups in total. The van der Waals surface area contributed by atoms with Crippen LogP contribution in [-0.2, 0) is 9.53 Å². The summed E-state index contributed by atoms with van der Waals surface area (Å²) in [5.41, 5.74) is 0.195. The molecule has 0 radical (unpaired) electrons. The van der Waals surface area contributed by atoms with Crippen molar-refractivity contribution in [3.63, 3.8) is 0 Å². The Hall–Kier alpha value is -2.97. The molecule has 1 aromatic carbocycles. The molecule has 0 aromatic heterocycles. The molecule has 30 heavy (non-hydrogen) atoms. The van der Waals surface area contributed by atoms with E-state index < -0.39 is 11.7 Å². The number of aliphatic imine (C=N–C) groups is 1. The molecule has 0 aliphatic heterocycles. The molecule has 168 valence electrons. The van der Waals surface area contributed by atoms with Crippen LogP contribution in [0.2, 0.25) is 0 Å². The van der Waals surface area contributed by atoms with Crippen molar-refractivity contribution in [2.75, 3.05) is 38.1 Å². The smallest absolute Gasteiger partial charge is 0.407 e. The Morgan fingerprint density at radius 1 is 1.10 bits per heavy atom. The van der Waals surface area contributed by atoms with E-state index in [-0.39, 0.29) is 5.91 Å². The van der Waals surface area contributed by atoms with E-state index in [1.54, 1.807) is 12.1 Å². The number of hydrogen-bond donors (Lipinski definition) is 4. The highest BCUT2D eigenvalue weighted by Crippen LogP contribution is 2.17. The third-order valence-electron chi connectivity index (χ3n) is 3.43. The maximum atomic E-state index is 11.6. The lowest BCUT2D eigenvalue weighted by molar-refractivity contribution is -0.114. The Labute approximate surface area is 179 Å². The average molecular weight is 422 g/mol. The Balaban J connectivity index is 2.31. The number of nitrogens with zero attached hydrogens (tertiary/aromatic N) is 1. The molecule has 0 saturated heterocycles. The minimum atomic E-state index is -0.502. The summed E-state index contributed by atoms with van der Waals surface area (Å²) in [6.07, 6.45) is 0.277. The van der Waals surface area contributed by atoms with E-state index in [0.717, 1.165) is 6.54 Å². The summed E-state index contributed by atoms with van der Waals surface area (Å²) in [6.45, 7) is 11.7. The molecule has 2 amide bonds. The fourth-order valence-corrected chi connectivity index (χ4v) is 2.32. The first-order valence-corrected chi connectivity index (χ1v) is 10.2. The topological polar surface area (TPSA) is 113 Å². The second-order valence-corrected chi connectivity index (χ2v) is 7.53. The van der Waals surface area contributed by atoms with Gasteiger partial charge in [-0.25, -0.2) is 4.79 Å². The predicted octanol–water partition coefficient (Wildman–Crippen LogP) is 2.49. The largest absolute Gasteiger partial charge is 0.492 e. The van der Waals surface area contributed by atoms with Gasteiger partial charge in [-0.2, -0.15) is 0 Å². The number of alkyl carbamates (subject to hydrolysis) is 1. The highest BCUT2D eigenvalue weighted by atomic mass is 16.6. The van der Waals surface area contributed by atoms with Crippen LogP contribution in [0.4, 0.5) is 10.5 Å². The highest BCUT2D eigenvalue weighted by molar-refractivity contribution is 5.88. The Bertz CT molecular complexity index is 701. The van der Waals surface area contributed by atoms with Crippen LogP contribution in [0.1, 0.15) is 41.0 Å². The third-order valence-corrected chi connectivity index (χ3v) is 3.43. The van der Waals surface area contributed by atoms with E-state index in [4.69, 9.17) is 9.47 Å². The van der Waals surface area contributed by atoms with Crippen molar-refractivity contribution in [1.29, 1.82) is 0 Å². The van der Waals surface area contributed by atoms with Crippen molar-refractivity contribution in [2.45, 2.75) is 46.6 Å². The van der Waals surface area contributed by atoms with E-state index in [1.807, 2.05) is 39.8 Å². The first-order chi connectivity index (χ1) is 14.2. The molecule has 0 saturated carbocycles. The van der Waals surface area contributed by atoms with Gasteiger partial charge in [0.2, 0.25) is 5.91 Å². The number of guanidine groups is 1. The van der Waals surface area contributed by atoms with Crippen LogP contribution in [0.3, 0.4) is 0 Å². The van der Waals surface area contributed by atoms with Gasteiger partial charge in [-0.05, 0) is 46.2 Å². The second kappa shape index (κ2) is 13.3. The van der Waals surface area contributed by atoms with E-state index in [1.165, 1.54) is 6.92 Å². The number of ether oxygens (including phenoxy) is 2. The van der Waals surface area contributed by atoms with Gasteiger partial charge in [0, 0.05) is 38.3 Å². The molecule has 9 nitrogen and oxygen atoms in total. The maximum absolute atomic E-state index is 11.6. The van der Waals surface area contributed by atoms with Gasteiger partial charge in [0.15, 0.2) is 5.96 Å². The van der Waals surface area contributed by atoms with Crippen molar-refractivity contribution >= 4 is 23.6 Å². The zero-order chi connectivity index (χ0) is 22.4. The van der Waals surface area contributed by atoms with Crippen LogP contribution in [0.5, 0.6) is 5.75 Å². The summed E-state index contributed by atoms with van der Waals surface area (Å²) in [4.78, 5) is 27.2. The normalized spacial score (nSPS) is 11.4. The monoisotopic (exact) mass is 421 g/mol. The lowest BCUT2D eigenvalue weighted by Crippen LogP contribution is -2.39. The lowest BCUT2D eigenvalue weighted by atomic mass is 10.2. The van der Waals surface area contributed by atoms with Crippen LogP contribution >= 0.6 is 0 Å². The Morgan fingerprint density at radius 2 is 1.87 bits per heavy atom. The third kappa shape index (κ3) is 12.5. The molecule has 9 heteroatoms. The SMILES string of the molecule is CCNC(=NCCCNC(=O)OC(C)(C)C)NCCOc1cccc(NC(C)=O)c1. The first kappa shape index (κ1) is 25.1. The minimum Gasteiger partial charge on any atom is -0.492 e. The lowest BCUT2D eigenvalue weighted by Gasteiger charge is -2.19. The van der Waals surface area contributed by atoms with E-state index in [0.29, 0.717) is 50.1 Å². The van der Waals surface area contributed by atoms with Crippen molar-refractivity contribution in [1.82, 2.24) is 16.0 Å². The number of benzene rings is 1. The molecule has 0 bridgehead atoms. The number of rotatable bonds is 10. The molecule has 0 fully saturated rings. The predicted molar refractivity (Wildman–Crippen MR) is 119 cm³/mol. The van der Waals surface area contributed by atoms with Gasteiger partial charge < -0.3 is 30.7 Å². The molecular formula is C21H35N5O4. The molecule has 0 atom stereocenters. The number of amides is 2. The van der Waals surface area contributed by atoms with Gasteiger partial charge in [0.1, 0.15) is 18.0 Å². The molecule has 1 rings (SSSR count). The Morgan fingerprint density at radius 3 is 2.53 bits per heavy atom. The maximum Gasteiger partial charge on any atom is 0.407 e. The number of anilines is 1. The Kier molecular flexibility index (Phi) is 11.1. The van der Waals surface area contributed by atoms with Gasteiger partial charge in [0.05, 0.1) is 6.54 Å². The van der Waals surface area contributed by atoms with Gasteiger partial charge in [-0.15, -0.1) is 0 Å². The first-order valence-electron chi connectivity index (χ1n) is 10.2. The van der Waals surface area contributed by atoms with Gasteiger partial charge in [-0.3, -0.25) is 9.79 Å². The average Bonchev–Trinajstić information content (AvgIpc) is 2.63. The molecule has 1 aromatic rings. The fraction of sp³-hybridized carbons (Fsp3) is 0.571. The summed E-state index contributed by atoms with van der Waals surface area (Å²) in [6, 6.07) is 7.24. The molecule has 0 unspecified atom stereocenters. The standard InChI is InChI=1S/C21H35N5O4/c1-6-22-19(23-11-8-12-25-20(28)30-21(3,4)5)24-13-14-29-18-10-7-9-17(15-18)26-16(2)27/h7,9-10,15H,6,8,11-14H2,1-5H3,(H,25,28)(H,26,27)(H2,22,23,24). The van der Waals surface area contributed by atoms with Gasteiger partial charge >= 0.3 is 6.09 Å². The van der Waals surface area contributed by atoms with Crippen molar-refractivity contribution in [3.8, 4) is 5.75 Å². The van der Waals surface area contributed by atoms with Crippen LogP contribution < -0.4 is 26.0 Å². The molecule has 0 aliphatic carbocycles. The summed E-state index contributed by atoms with van der Waals surface area (Å²) in [7, 11) is 0. The second-order valence-electron chi connectivity index (χ2n) is 7.53. The minimum absolute atomic E-state index is 0.124. The van der Waals surface area contributed by atoms with Crippen LogP contribution in [0, 0.1) is 0 Å². The van der Waals surface area contributed by atoms with Crippen molar-refractivity contribution < 1.29 is 19.1 Å².